The number of pyridine rings is 1. The van der Waals surface area contributed by atoms with Crippen molar-refractivity contribution in [2.24, 2.45) is 5.73 Å². The zero-order chi connectivity index (χ0) is 14.6. The average molecular weight is 269 g/mol. The van der Waals surface area contributed by atoms with Crippen molar-refractivity contribution in [3.63, 3.8) is 0 Å². The summed E-state index contributed by atoms with van der Waals surface area (Å²) in [5.74, 6) is -0.201. The zero-order valence-electron chi connectivity index (χ0n) is 11.7. The number of benzene rings is 1. The van der Waals surface area contributed by atoms with Crippen LogP contribution in [0.15, 0.2) is 54.9 Å². The molecule has 0 radical (unpaired) electrons. The van der Waals surface area contributed by atoms with Crippen molar-refractivity contribution < 1.29 is 4.79 Å². The Hall–Kier alpha value is -2.20. The van der Waals surface area contributed by atoms with Crippen LogP contribution in [0, 0.1) is 0 Å². The molecule has 0 bridgehead atoms. The highest BCUT2D eigenvalue weighted by Gasteiger charge is 2.31. The molecule has 1 aromatic heterocycles. The molecule has 0 aliphatic heterocycles. The van der Waals surface area contributed by atoms with E-state index in [0.29, 0.717) is 0 Å². The van der Waals surface area contributed by atoms with Crippen LogP contribution < -0.4 is 11.1 Å². The van der Waals surface area contributed by atoms with Crippen LogP contribution in [0.3, 0.4) is 0 Å². The third-order valence-electron chi connectivity index (χ3n) is 3.40. The fourth-order valence-electron chi connectivity index (χ4n) is 2.00. The van der Waals surface area contributed by atoms with Gasteiger partial charge in [0.1, 0.15) is 5.54 Å². The average Bonchev–Trinajstić information content (AvgIpc) is 2.49. The maximum Gasteiger partial charge on any atom is 0.244 e. The number of amides is 1. The molecule has 1 amide bonds. The molecule has 0 saturated heterocycles. The van der Waals surface area contributed by atoms with E-state index in [1.165, 1.54) is 0 Å². The summed E-state index contributed by atoms with van der Waals surface area (Å²) in [5.41, 5.74) is 6.92. The van der Waals surface area contributed by atoms with Gasteiger partial charge in [0.2, 0.25) is 5.91 Å². The summed E-state index contributed by atoms with van der Waals surface area (Å²) in [4.78, 5) is 16.4. The molecule has 3 N–H and O–H groups in total. The van der Waals surface area contributed by atoms with Gasteiger partial charge in [0.05, 0.1) is 6.04 Å². The highest BCUT2D eigenvalue weighted by Crippen LogP contribution is 2.19. The van der Waals surface area contributed by atoms with E-state index in [0.717, 1.165) is 11.1 Å². The number of rotatable bonds is 4. The summed E-state index contributed by atoms with van der Waals surface area (Å²) in [5, 5.41) is 2.94. The first kappa shape index (κ1) is 14.2. The van der Waals surface area contributed by atoms with Crippen LogP contribution in [0.1, 0.15) is 31.0 Å². The number of hydrogen-bond acceptors (Lipinski definition) is 3. The van der Waals surface area contributed by atoms with Crippen molar-refractivity contribution in [3.05, 3.63) is 66.0 Å². The molecule has 4 heteroatoms. The van der Waals surface area contributed by atoms with Crippen LogP contribution in [-0.4, -0.2) is 10.9 Å². The second-order valence-electron chi connectivity index (χ2n) is 5.04. The monoisotopic (exact) mass is 269 g/mol. The van der Waals surface area contributed by atoms with Gasteiger partial charge in [-0.1, -0.05) is 30.3 Å². The molecule has 1 aromatic carbocycles. The third kappa shape index (κ3) is 3.03. The summed E-state index contributed by atoms with van der Waals surface area (Å²) >= 11 is 0. The van der Waals surface area contributed by atoms with Gasteiger partial charge in [0.15, 0.2) is 0 Å². The Labute approximate surface area is 119 Å². The molecule has 0 aliphatic rings. The normalized spacial score (nSPS) is 15.2. The number of carbonyl (C=O) groups excluding carboxylic acids is 1. The minimum absolute atomic E-state index is 0.114. The van der Waals surface area contributed by atoms with Crippen molar-refractivity contribution in [1.82, 2.24) is 10.3 Å². The van der Waals surface area contributed by atoms with Crippen LogP contribution in [-0.2, 0) is 10.3 Å². The lowest BCUT2D eigenvalue weighted by atomic mass is 9.92. The minimum Gasteiger partial charge on any atom is -0.348 e. The summed E-state index contributed by atoms with van der Waals surface area (Å²) in [7, 11) is 0. The molecular formula is C16H19N3O. The van der Waals surface area contributed by atoms with Gasteiger partial charge >= 0.3 is 0 Å². The van der Waals surface area contributed by atoms with Gasteiger partial charge in [-0.2, -0.15) is 0 Å². The van der Waals surface area contributed by atoms with Crippen LogP contribution in [0.25, 0.3) is 0 Å². The van der Waals surface area contributed by atoms with Crippen LogP contribution in [0.5, 0.6) is 0 Å². The van der Waals surface area contributed by atoms with Gasteiger partial charge in [-0.15, -0.1) is 0 Å². The maximum atomic E-state index is 12.4. The van der Waals surface area contributed by atoms with Crippen molar-refractivity contribution in [2.75, 3.05) is 0 Å². The minimum atomic E-state index is -1.05. The number of nitrogens with zero attached hydrogens (tertiary/aromatic N) is 1. The first-order valence-corrected chi connectivity index (χ1v) is 6.57. The van der Waals surface area contributed by atoms with Crippen LogP contribution in [0.4, 0.5) is 0 Å². The van der Waals surface area contributed by atoms with Gasteiger partial charge in [-0.25, -0.2) is 0 Å². The van der Waals surface area contributed by atoms with E-state index in [2.05, 4.69) is 10.3 Å². The summed E-state index contributed by atoms with van der Waals surface area (Å²) in [6, 6.07) is 13.0. The van der Waals surface area contributed by atoms with Gasteiger partial charge < -0.3 is 11.1 Å². The first-order valence-electron chi connectivity index (χ1n) is 6.57. The molecule has 1 heterocycles. The van der Waals surface area contributed by atoms with E-state index in [4.69, 9.17) is 5.73 Å². The second-order valence-corrected chi connectivity index (χ2v) is 5.04. The molecule has 4 nitrogen and oxygen atoms in total. The van der Waals surface area contributed by atoms with E-state index >= 15 is 0 Å². The molecule has 0 aliphatic carbocycles. The lowest BCUT2D eigenvalue weighted by Gasteiger charge is -2.26. The SMILES string of the molecule is CC(NC(=O)C(C)(N)c1ccccc1)c1ccncc1. The molecule has 2 rings (SSSR count). The largest absolute Gasteiger partial charge is 0.348 e. The maximum absolute atomic E-state index is 12.4. The highest BCUT2D eigenvalue weighted by molar-refractivity contribution is 5.87. The molecule has 104 valence electrons. The molecule has 20 heavy (non-hydrogen) atoms. The summed E-state index contributed by atoms with van der Waals surface area (Å²) in [6.45, 7) is 3.64. The highest BCUT2D eigenvalue weighted by atomic mass is 16.2. The second kappa shape index (κ2) is 5.84. The van der Waals surface area contributed by atoms with Gasteiger partial charge in [-0.05, 0) is 37.1 Å². The Morgan fingerprint density at radius 1 is 1.20 bits per heavy atom. The van der Waals surface area contributed by atoms with Crippen molar-refractivity contribution >= 4 is 5.91 Å². The third-order valence-corrected chi connectivity index (χ3v) is 3.40. The Morgan fingerprint density at radius 2 is 1.80 bits per heavy atom. The number of hydrogen-bond donors (Lipinski definition) is 2. The smallest absolute Gasteiger partial charge is 0.244 e. The van der Waals surface area contributed by atoms with Crippen LogP contribution in [0.2, 0.25) is 0 Å². The Bertz CT molecular complexity index is 567. The predicted molar refractivity (Wildman–Crippen MR) is 78.8 cm³/mol. The molecule has 0 saturated carbocycles. The Kier molecular flexibility index (Phi) is 4.15. The number of carbonyl (C=O) groups is 1. The molecule has 2 unspecified atom stereocenters. The fourth-order valence-corrected chi connectivity index (χ4v) is 2.00. The van der Waals surface area contributed by atoms with E-state index in [9.17, 15) is 4.79 Å². The molecule has 0 fully saturated rings. The molecular weight excluding hydrogens is 250 g/mol. The first-order chi connectivity index (χ1) is 9.51. The quantitative estimate of drug-likeness (QED) is 0.893. The Morgan fingerprint density at radius 3 is 2.40 bits per heavy atom. The molecule has 2 atom stereocenters. The van der Waals surface area contributed by atoms with E-state index < -0.39 is 5.54 Å². The lowest BCUT2D eigenvalue weighted by Crippen LogP contribution is -2.49. The fraction of sp³-hybridized carbons (Fsp3) is 0.250. The lowest BCUT2D eigenvalue weighted by molar-refractivity contribution is -0.126. The standard InChI is InChI=1S/C16H19N3O/c1-12(13-8-10-18-11-9-13)19-15(20)16(2,17)14-6-4-3-5-7-14/h3-12H,17H2,1-2H3,(H,19,20). The Balaban J connectivity index is 2.12. The van der Waals surface area contributed by atoms with Gasteiger partial charge in [-0.3, -0.25) is 9.78 Å². The number of nitrogens with one attached hydrogen (secondary N) is 1. The molecule has 0 spiro atoms. The van der Waals surface area contributed by atoms with E-state index in [1.54, 1.807) is 19.3 Å². The van der Waals surface area contributed by atoms with Crippen molar-refractivity contribution in [1.29, 1.82) is 0 Å². The van der Waals surface area contributed by atoms with Crippen LogP contribution >= 0.6 is 0 Å². The van der Waals surface area contributed by atoms with E-state index in [-0.39, 0.29) is 11.9 Å². The van der Waals surface area contributed by atoms with Gasteiger partial charge in [0.25, 0.3) is 0 Å². The number of nitrogens with two attached hydrogens (primary N) is 1. The predicted octanol–water partition coefficient (Wildman–Crippen LogP) is 2.13. The summed E-state index contributed by atoms with van der Waals surface area (Å²) < 4.78 is 0. The van der Waals surface area contributed by atoms with Gasteiger partial charge in [0, 0.05) is 12.4 Å². The molecule has 2 aromatic rings. The number of aromatic nitrogens is 1. The van der Waals surface area contributed by atoms with Crippen molar-refractivity contribution in [3.8, 4) is 0 Å². The summed E-state index contributed by atoms with van der Waals surface area (Å²) in [6.07, 6.45) is 3.41. The van der Waals surface area contributed by atoms with E-state index in [1.807, 2.05) is 49.4 Å². The topological polar surface area (TPSA) is 68.0 Å². The zero-order valence-corrected chi connectivity index (χ0v) is 11.7. The van der Waals surface area contributed by atoms with Crippen molar-refractivity contribution in [2.45, 2.75) is 25.4 Å².